The van der Waals surface area contributed by atoms with Crippen molar-refractivity contribution >= 4 is 23.4 Å². The molecule has 4 heteroatoms. The Balaban J connectivity index is 1.88. The molecule has 0 radical (unpaired) electrons. The third kappa shape index (κ3) is 2.26. The van der Waals surface area contributed by atoms with Crippen molar-refractivity contribution in [1.82, 2.24) is 0 Å². The topological polar surface area (TPSA) is 55.5 Å². The average molecular weight is 262 g/mol. The molecule has 0 aromatic heterocycles. The highest BCUT2D eigenvalue weighted by Crippen LogP contribution is 2.40. The van der Waals surface area contributed by atoms with Crippen LogP contribution in [0.1, 0.15) is 38.5 Å². The summed E-state index contributed by atoms with van der Waals surface area (Å²) in [5.41, 5.74) is 8.62. The first-order chi connectivity index (χ1) is 8.74. The summed E-state index contributed by atoms with van der Waals surface area (Å²) >= 11 is 2.04. The van der Waals surface area contributed by atoms with Crippen molar-refractivity contribution in [3.8, 4) is 0 Å². The molecule has 1 heterocycles. The lowest BCUT2D eigenvalue weighted by molar-refractivity contribution is -0.114. The van der Waals surface area contributed by atoms with Gasteiger partial charge in [0.1, 0.15) is 0 Å². The minimum absolute atomic E-state index is 0.296. The first-order valence-corrected chi connectivity index (χ1v) is 7.61. The summed E-state index contributed by atoms with van der Waals surface area (Å²) < 4.78 is 0. The molecule has 3 aliphatic rings. The second-order valence-electron chi connectivity index (χ2n) is 5.19. The van der Waals surface area contributed by atoms with Gasteiger partial charge in [-0.1, -0.05) is 6.42 Å². The predicted octanol–water partition coefficient (Wildman–Crippen LogP) is 2.57. The number of primary amides is 1. The molecule has 2 atom stereocenters. The summed E-state index contributed by atoms with van der Waals surface area (Å²) in [6, 6.07) is 0. The van der Waals surface area contributed by atoms with E-state index < -0.39 is 0 Å². The lowest BCUT2D eigenvalue weighted by atomic mass is 9.95. The molecule has 2 N–H and O–H groups in total. The standard InChI is InChI=1S/C14H18N2OS/c15-14(17)9-5-6-13-11(7-9)16-8-10-3-1-2-4-12(10)18-13/h7-8,12-13H,1-6H2,(H2,15,17). The lowest BCUT2D eigenvalue weighted by Gasteiger charge is -2.28. The number of thioether (sulfide) groups is 1. The number of hydrogen-bond acceptors (Lipinski definition) is 3. The molecule has 96 valence electrons. The first kappa shape index (κ1) is 12.0. The van der Waals surface area contributed by atoms with Gasteiger partial charge in [0.15, 0.2) is 0 Å². The van der Waals surface area contributed by atoms with Crippen molar-refractivity contribution in [2.45, 2.75) is 49.0 Å². The second-order valence-corrected chi connectivity index (χ2v) is 6.60. The quantitative estimate of drug-likeness (QED) is 0.789. The second kappa shape index (κ2) is 4.92. The molecule has 3 rings (SSSR count). The van der Waals surface area contributed by atoms with Crippen molar-refractivity contribution in [2.24, 2.45) is 10.7 Å². The molecular weight excluding hydrogens is 244 g/mol. The van der Waals surface area contributed by atoms with Gasteiger partial charge in [-0.2, -0.15) is 0 Å². The number of hydrogen-bond donors (Lipinski definition) is 1. The van der Waals surface area contributed by atoms with Crippen LogP contribution in [-0.4, -0.2) is 22.1 Å². The summed E-state index contributed by atoms with van der Waals surface area (Å²) in [4.78, 5) is 15.9. The molecule has 0 aromatic rings. The summed E-state index contributed by atoms with van der Waals surface area (Å²) in [6.07, 6.45) is 10.9. The fourth-order valence-corrected chi connectivity index (χ4v) is 4.47. The number of aliphatic imine (C=N–C) groups is 1. The van der Waals surface area contributed by atoms with Crippen molar-refractivity contribution in [1.29, 1.82) is 0 Å². The number of rotatable bonds is 1. The van der Waals surface area contributed by atoms with Crippen molar-refractivity contribution < 1.29 is 4.79 Å². The minimum Gasteiger partial charge on any atom is -0.366 e. The Morgan fingerprint density at radius 1 is 1.28 bits per heavy atom. The zero-order chi connectivity index (χ0) is 12.5. The van der Waals surface area contributed by atoms with E-state index in [1.54, 1.807) is 0 Å². The first-order valence-electron chi connectivity index (χ1n) is 6.66. The average Bonchev–Trinajstić information content (AvgIpc) is 2.56. The molecule has 0 saturated heterocycles. The molecule has 2 unspecified atom stereocenters. The van der Waals surface area contributed by atoms with E-state index in [2.05, 4.69) is 4.99 Å². The number of nitrogens with two attached hydrogens (primary N) is 1. The van der Waals surface area contributed by atoms with Crippen LogP contribution in [0.25, 0.3) is 0 Å². The molecule has 18 heavy (non-hydrogen) atoms. The molecule has 1 saturated carbocycles. The van der Waals surface area contributed by atoms with Gasteiger partial charge in [0.2, 0.25) is 5.91 Å². The summed E-state index contributed by atoms with van der Waals surface area (Å²) in [6.45, 7) is 0. The molecule has 1 aliphatic heterocycles. The zero-order valence-corrected chi connectivity index (χ0v) is 11.2. The monoisotopic (exact) mass is 262 g/mol. The number of allylic oxidation sites excluding steroid dienone is 1. The van der Waals surface area contributed by atoms with Gasteiger partial charge in [0, 0.05) is 22.3 Å². The van der Waals surface area contributed by atoms with E-state index >= 15 is 0 Å². The number of amides is 1. The van der Waals surface area contributed by atoms with E-state index in [4.69, 9.17) is 5.73 Å². The smallest absolute Gasteiger partial charge is 0.244 e. The maximum Gasteiger partial charge on any atom is 0.244 e. The Bertz CT molecular complexity index is 464. The molecule has 2 aliphatic carbocycles. The minimum atomic E-state index is -0.296. The summed E-state index contributed by atoms with van der Waals surface area (Å²) in [5, 5.41) is 1.10. The van der Waals surface area contributed by atoms with Crippen LogP contribution in [0.4, 0.5) is 0 Å². The van der Waals surface area contributed by atoms with Gasteiger partial charge in [-0.15, -0.1) is 11.8 Å². The van der Waals surface area contributed by atoms with Gasteiger partial charge >= 0.3 is 0 Å². The van der Waals surface area contributed by atoms with Crippen LogP contribution < -0.4 is 5.73 Å². The Morgan fingerprint density at radius 3 is 3.00 bits per heavy atom. The van der Waals surface area contributed by atoms with E-state index in [-0.39, 0.29) is 5.91 Å². The highest BCUT2D eigenvalue weighted by Gasteiger charge is 2.30. The number of nitrogens with zero attached hydrogens (tertiary/aromatic N) is 1. The Morgan fingerprint density at radius 2 is 2.17 bits per heavy atom. The zero-order valence-electron chi connectivity index (χ0n) is 10.4. The lowest BCUT2D eigenvalue weighted by Crippen LogP contribution is -2.27. The Labute approximate surface area is 112 Å². The molecule has 0 spiro atoms. The third-order valence-corrected chi connectivity index (χ3v) is 5.62. The van der Waals surface area contributed by atoms with Crippen molar-refractivity contribution in [3.63, 3.8) is 0 Å². The number of carbonyl (C=O) groups is 1. The van der Waals surface area contributed by atoms with Gasteiger partial charge in [-0.3, -0.25) is 9.79 Å². The third-order valence-electron chi connectivity index (χ3n) is 3.95. The van der Waals surface area contributed by atoms with E-state index in [1.807, 2.05) is 24.0 Å². The van der Waals surface area contributed by atoms with Gasteiger partial charge < -0.3 is 5.73 Å². The van der Waals surface area contributed by atoms with E-state index in [9.17, 15) is 4.79 Å². The van der Waals surface area contributed by atoms with Crippen molar-refractivity contribution in [2.75, 3.05) is 0 Å². The van der Waals surface area contributed by atoms with E-state index in [0.29, 0.717) is 10.5 Å². The van der Waals surface area contributed by atoms with Crippen LogP contribution in [0.5, 0.6) is 0 Å². The van der Waals surface area contributed by atoms with Crippen LogP contribution in [0.3, 0.4) is 0 Å². The highest BCUT2D eigenvalue weighted by atomic mass is 32.2. The summed E-state index contributed by atoms with van der Waals surface area (Å²) in [5.74, 6) is -0.296. The van der Waals surface area contributed by atoms with Crippen LogP contribution in [0, 0.1) is 0 Å². The van der Waals surface area contributed by atoms with Gasteiger partial charge in [0.25, 0.3) is 0 Å². The van der Waals surface area contributed by atoms with Crippen LogP contribution in [0.15, 0.2) is 28.4 Å². The van der Waals surface area contributed by atoms with Gasteiger partial charge in [-0.25, -0.2) is 0 Å². The normalized spacial score (nSPS) is 31.2. The molecular formula is C14H18N2OS. The van der Waals surface area contributed by atoms with Gasteiger partial charge in [-0.05, 0) is 43.8 Å². The number of fused-ring (bicyclic) bond motifs is 2. The Hall–Kier alpha value is -1.03. The predicted molar refractivity (Wildman–Crippen MR) is 75.7 cm³/mol. The van der Waals surface area contributed by atoms with Crippen LogP contribution >= 0.6 is 11.8 Å². The highest BCUT2D eigenvalue weighted by molar-refractivity contribution is 8.01. The van der Waals surface area contributed by atoms with Crippen molar-refractivity contribution in [3.05, 3.63) is 23.4 Å². The summed E-state index contributed by atoms with van der Waals surface area (Å²) in [7, 11) is 0. The van der Waals surface area contributed by atoms with Crippen LogP contribution in [0.2, 0.25) is 0 Å². The fourth-order valence-electron chi connectivity index (χ4n) is 2.89. The maximum absolute atomic E-state index is 11.2. The molecule has 1 amide bonds. The SMILES string of the molecule is NC(=O)C1=CC2=NC=C3CCCCC3SC2CC1. The van der Waals surface area contributed by atoms with E-state index in [1.165, 1.54) is 31.3 Å². The molecule has 3 nitrogen and oxygen atoms in total. The van der Waals surface area contributed by atoms with Gasteiger partial charge in [0.05, 0.1) is 5.71 Å². The number of carbonyl (C=O) groups excluding carboxylic acids is 1. The maximum atomic E-state index is 11.2. The fraction of sp³-hybridized carbons (Fsp3) is 0.571. The van der Waals surface area contributed by atoms with Crippen LogP contribution in [-0.2, 0) is 4.79 Å². The largest absolute Gasteiger partial charge is 0.366 e. The molecule has 1 fully saturated rings. The molecule has 0 aromatic carbocycles. The molecule has 0 bridgehead atoms. The Kier molecular flexibility index (Phi) is 3.29. The van der Waals surface area contributed by atoms with E-state index in [0.717, 1.165) is 24.1 Å².